The highest BCUT2D eigenvalue weighted by Crippen LogP contribution is 2.35. The van der Waals surface area contributed by atoms with Gasteiger partial charge in [0.1, 0.15) is 0 Å². The fourth-order valence-electron chi connectivity index (χ4n) is 3.68. The number of anilines is 1. The number of aromatic nitrogens is 1. The molecule has 3 heteroatoms. The minimum atomic E-state index is -0.0894. The Labute approximate surface area is 171 Å². The van der Waals surface area contributed by atoms with Crippen LogP contribution in [0, 0.1) is 0 Å². The lowest BCUT2D eigenvalue weighted by Crippen LogP contribution is -2.16. The summed E-state index contributed by atoms with van der Waals surface area (Å²) in [6, 6.07) is 29.9. The van der Waals surface area contributed by atoms with E-state index in [9.17, 15) is 4.79 Å². The molecular formula is C26H24N2O. The number of hydrogen-bond donors (Lipinski definition) is 1. The number of carbonyl (C=O) groups is 1. The third kappa shape index (κ3) is 3.85. The van der Waals surface area contributed by atoms with Gasteiger partial charge in [-0.05, 0) is 35.7 Å². The maximum absolute atomic E-state index is 13.5. The Morgan fingerprint density at radius 3 is 1.93 bits per heavy atom. The van der Waals surface area contributed by atoms with E-state index < -0.39 is 0 Å². The van der Waals surface area contributed by atoms with Crippen molar-refractivity contribution < 1.29 is 4.79 Å². The quantitative estimate of drug-likeness (QED) is 0.420. The average Bonchev–Trinajstić information content (AvgIpc) is 3.17. The van der Waals surface area contributed by atoms with E-state index >= 15 is 0 Å². The molecule has 1 N–H and O–H groups in total. The van der Waals surface area contributed by atoms with E-state index in [1.54, 1.807) is 0 Å². The van der Waals surface area contributed by atoms with Crippen LogP contribution >= 0.6 is 0 Å². The van der Waals surface area contributed by atoms with Gasteiger partial charge in [-0.25, -0.2) is 0 Å². The van der Waals surface area contributed by atoms with Crippen molar-refractivity contribution in [2.45, 2.75) is 19.8 Å². The van der Waals surface area contributed by atoms with Gasteiger partial charge < -0.3 is 9.88 Å². The number of benzene rings is 3. The van der Waals surface area contributed by atoms with Gasteiger partial charge in [-0.15, -0.1) is 0 Å². The monoisotopic (exact) mass is 380 g/mol. The molecular weight excluding hydrogens is 356 g/mol. The Kier molecular flexibility index (Phi) is 5.30. The van der Waals surface area contributed by atoms with E-state index in [0.717, 1.165) is 33.8 Å². The lowest BCUT2D eigenvalue weighted by Gasteiger charge is -2.15. The summed E-state index contributed by atoms with van der Waals surface area (Å²) in [7, 11) is 0. The SMILES string of the molecule is CC(C)c1c(C(=O)Nc2ccccc2)c(-c2ccccc2)cn1-c1ccccc1. The molecule has 1 amide bonds. The molecule has 1 heterocycles. The van der Waals surface area contributed by atoms with E-state index in [1.807, 2.05) is 78.9 Å². The smallest absolute Gasteiger partial charge is 0.258 e. The topological polar surface area (TPSA) is 34.0 Å². The van der Waals surface area contributed by atoms with Crippen molar-refractivity contribution in [1.82, 2.24) is 4.57 Å². The number of para-hydroxylation sites is 2. The molecule has 0 atom stereocenters. The second-order valence-electron chi connectivity index (χ2n) is 7.35. The van der Waals surface area contributed by atoms with Gasteiger partial charge in [0.05, 0.1) is 5.56 Å². The molecule has 1 aromatic heterocycles. The van der Waals surface area contributed by atoms with Gasteiger partial charge >= 0.3 is 0 Å². The number of hydrogen-bond acceptors (Lipinski definition) is 1. The second kappa shape index (κ2) is 8.19. The van der Waals surface area contributed by atoms with Gasteiger partial charge in [0.2, 0.25) is 0 Å². The van der Waals surface area contributed by atoms with Crippen LogP contribution in [0.5, 0.6) is 0 Å². The van der Waals surface area contributed by atoms with Crippen molar-refractivity contribution in [1.29, 1.82) is 0 Å². The van der Waals surface area contributed by atoms with Crippen LogP contribution < -0.4 is 5.32 Å². The van der Waals surface area contributed by atoms with Crippen LogP contribution in [-0.4, -0.2) is 10.5 Å². The molecule has 0 spiro atoms. The van der Waals surface area contributed by atoms with Crippen LogP contribution in [0.4, 0.5) is 5.69 Å². The van der Waals surface area contributed by atoms with Crippen LogP contribution in [-0.2, 0) is 0 Å². The fourth-order valence-corrected chi connectivity index (χ4v) is 3.68. The van der Waals surface area contributed by atoms with Gasteiger partial charge in [-0.3, -0.25) is 4.79 Å². The maximum atomic E-state index is 13.5. The molecule has 4 aromatic rings. The van der Waals surface area contributed by atoms with Crippen molar-refractivity contribution in [3.63, 3.8) is 0 Å². The molecule has 0 bridgehead atoms. The molecule has 0 aliphatic heterocycles. The Hall–Kier alpha value is -3.59. The molecule has 4 rings (SSSR count). The summed E-state index contributed by atoms with van der Waals surface area (Å²) >= 11 is 0. The standard InChI is InChI=1S/C26H24N2O/c1-19(2)25-24(26(29)27-21-14-8-4-9-15-21)23(20-12-6-3-7-13-20)18-28(25)22-16-10-5-11-17-22/h3-19H,1-2H3,(H,27,29). The van der Waals surface area contributed by atoms with Crippen molar-refractivity contribution in [2.24, 2.45) is 0 Å². The summed E-state index contributed by atoms with van der Waals surface area (Å²) in [5.41, 5.74) is 5.53. The molecule has 0 saturated carbocycles. The second-order valence-corrected chi connectivity index (χ2v) is 7.35. The normalized spacial score (nSPS) is 10.9. The summed E-state index contributed by atoms with van der Waals surface area (Å²) in [5, 5.41) is 3.08. The summed E-state index contributed by atoms with van der Waals surface area (Å²) in [5.74, 6) is 0.0811. The number of rotatable bonds is 5. The van der Waals surface area contributed by atoms with E-state index in [1.165, 1.54) is 0 Å². The Morgan fingerprint density at radius 2 is 1.34 bits per heavy atom. The Morgan fingerprint density at radius 1 is 0.793 bits per heavy atom. The van der Waals surface area contributed by atoms with Crippen molar-refractivity contribution in [3.8, 4) is 16.8 Å². The first-order chi connectivity index (χ1) is 14.1. The van der Waals surface area contributed by atoms with E-state index in [0.29, 0.717) is 0 Å². The van der Waals surface area contributed by atoms with Crippen molar-refractivity contribution in [2.75, 3.05) is 5.32 Å². The Bertz CT molecular complexity index is 1100. The first-order valence-electron chi connectivity index (χ1n) is 9.87. The molecule has 3 aromatic carbocycles. The molecule has 29 heavy (non-hydrogen) atoms. The van der Waals surface area contributed by atoms with Gasteiger partial charge in [0.25, 0.3) is 5.91 Å². The third-order valence-corrected chi connectivity index (χ3v) is 4.97. The largest absolute Gasteiger partial charge is 0.322 e. The predicted molar refractivity (Wildman–Crippen MR) is 120 cm³/mol. The lowest BCUT2D eigenvalue weighted by molar-refractivity contribution is 0.102. The van der Waals surface area contributed by atoms with Crippen LogP contribution in [0.25, 0.3) is 16.8 Å². The minimum Gasteiger partial charge on any atom is -0.322 e. The summed E-state index contributed by atoms with van der Waals surface area (Å²) < 4.78 is 2.15. The molecule has 3 nitrogen and oxygen atoms in total. The zero-order chi connectivity index (χ0) is 20.2. The highest BCUT2D eigenvalue weighted by atomic mass is 16.1. The van der Waals surface area contributed by atoms with Gasteiger partial charge in [-0.2, -0.15) is 0 Å². The minimum absolute atomic E-state index is 0.0894. The fraction of sp³-hybridized carbons (Fsp3) is 0.115. The van der Waals surface area contributed by atoms with Gasteiger partial charge in [0, 0.05) is 28.8 Å². The van der Waals surface area contributed by atoms with Crippen LogP contribution in [0.15, 0.2) is 97.2 Å². The molecule has 0 radical (unpaired) electrons. The molecule has 0 fully saturated rings. The molecule has 0 saturated heterocycles. The van der Waals surface area contributed by atoms with E-state index in [-0.39, 0.29) is 11.8 Å². The van der Waals surface area contributed by atoms with Crippen LogP contribution in [0.2, 0.25) is 0 Å². The number of carbonyl (C=O) groups excluding carboxylic acids is 1. The highest BCUT2D eigenvalue weighted by molar-refractivity contribution is 6.10. The average molecular weight is 380 g/mol. The van der Waals surface area contributed by atoms with E-state index in [2.05, 4.69) is 42.1 Å². The summed E-state index contributed by atoms with van der Waals surface area (Å²) in [4.78, 5) is 13.5. The summed E-state index contributed by atoms with van der Waals surface area (Å²) in [6.45, 7) is 4.26. The molecule has 144 valence electrons. The number of nitrogens with zero attached hydrogens (tertiary/aromatic N) is 1. The maximum Gasteiger partial charge on any atom is 0.258 e. The van der Waals surface area contributed by atoms with Crippen LogP contribution in [0.3, 0.4) is 0 Å². The Balaban J connectivity index is 1.91. The number of amides is 1. The van der Waals surface area contributed by atoms with Crippen LogP contribution in [0.1, 0.15) is 35.8 Å². The van der Waals surface area contributed by atoms with Gasteiger partial charge in [-0.1, -0.05) is 80.6 Å². The number of nitrogens with one attached hydrogen (secondary N) is 1. The van der Waals surface area contributed by atoms with Crippen molar-refractivity contribution in [3.05, 3.63) is 108 Å². The third-order valence-electron chi connectivity index (χ3n) is 4.97. The summed E-state index contributed by atoms with van der Waals surface area (Å²) in [6.07, 6.45) is 2.08. The predicted octanol–water partition coefficient (Wildman–Crippen LogP) is 6.52. The van der Waals surface area contributed by atoms with E-state index in [4.69, 9.17) is 0 Å². The lowest BCUT2D eigenvalue weighted by atomic mass is 9.98. The molecule has 0 unspecified atom stereocenters. The zero-order valence-electron chi connectivity index (χ0n) is 16.7. The van der Waals surface area contributed by atoms with Gasteiger partial charge in [0.15, 0.2) is 0 Å². The molecule has 0 aliphatic carbocycles. The zero-order valence-corrected chi connectivity index (χ0v) is 16.7. The first-order valence-corrected chi connectivity index (χ1v) is 9.87. The highest BCUT2D eigenvalue weighted by Gasteiger charge is 2.25. The molecule has 0 aliphatic rings. The van der Waals surface area contributed by atoms with Crippen molar-refractivity contribution >= 4 is 11.6 Å². The first kappa shape index (κ1) is 18.8.